The van der Waals surface area contributed by atoms with Gasteiger partial charge in [-0.3, -0.25) is 4.79 Å². The SMILES string of the molecule is COc1cccc2c1C(Cc1ccccc1)C(=O)N2. The standard InChI is InChI=1S/C16H15NO2/c1-19-14-9-5-8-13-15(14)12(16(18)17-13)10-11-6-3-2-4-7-11/h2-9,12H,10H2,1H3,(H,17,18). The molecular weight excluding hydrogens is 238 g/mol. The van der Waals surface area contributed by atoms with Crippen LogP contribution in [-0.4, -0.2) is 13.0 Å². The monoisotopic (exact) mass is 253 g/mol. The first-order valence-corrected chi connectivity index (χ1v) is 6.31. The van der Waals surface area contributed by atoms with E-state index >= 15 is 0 Å². The van der Waals surface area contributed by atoms with Gasteiger partial charge < -0.3 is 10.1 Å². The lowest BCUT2D eigenvalue weighted by Gasteiger charge is -2.12. The number of carbonyl (C=O) groups excluding carboxylic acids is 1. The van der Waals surface area contributed by atoms with Gasteiger partial charge in [-0.15, -0.1) is 0 Å². The first-order chi connectivity index (χ1) is 9.29. The largest absolute Gasteiger partial charge is 0.496 e. The van der Waals surface area contributed by atoms with E-state index < -0.39 is 0 Å². The molecule has 19 heavy (non-hydrogen) atoms. The van der Waals surface area contributed by atoms with Gasteiger partial charge in [-0.25, -0.2) is 0 Å². The number of benzene rings is 2. The molecule has 0 bridgehead atoms. The van der Waals surface area contributed by atoms with Crippen molar-refractivity contribution < 1.29 is 9.53 Å². The Bertz CT molecular complexity index is 607. The van der Waals surface area contributed by atoms with Gasteiger partial charge in [-0.2, -0.15) is 0 Å². The van der Waals surface area contributed by atoms with Crippen molar-refractivity contribution in [1.82, 2.24) is 0 Å². The van der Waals surface area contributed by atoms with Crippen LogP contribution in [-0.2, 0) is 11.2 Å². The van der Waals surface area contributed by atoms with Gasteiger partial charge in [-0.1, -0.05) is 36.4 Å². The zero-order chi connectivity index (χ0) is 13.2. The van der Waals surface area contributed by atoms with Crippen LogP contribution in [0.15, 0.2) is 48.5 Å². The summed E-state index contributed by atoms with van der Waals surface area (Å²) >= 11 is 0. The van der Waals surface area contributed by atoms with Crippen molar-refractivity contribution in [3.05, 3.63) is 59.7 Å². The third-order valence-corrected chi connectivity index (χ3v) is 3.49. The van der Waals surface area contributed by atoms with Crippen LogP contribution in [0.1, 0.15) is 17.0 Å². The van der Waals surface area contributed by atoms with E-state index in [1.165, 1.54) is 0 Å². The number of methoxy groups -OCH3 is 1. The molecule has 1 amide bonds. The van der Waals surface area contributed by atoms with Crippen molar-refractivity contribution in [2.75, 3.05) is 12.4 Å². The normalized spacial score (nSPS) is 16.9. The summed E-state index contributed by atoms with van der Waals surface area (Å²) in [6.45, 7) is 0. The molecule has 1 heterocycles. The molecule has 2 aromatic rings. The Hall–Kier alpha value is -2.29. The van der Waals surface area contributed by atoms with Crippen LogP contribution in [0, 0.1) is 0 Å². The van der Waals surface area contributed by atoms with Gasteiger partial charge in [0, 0.05) is 11.3 Å². The second kappa shape index (κ2) is 4.76. The highest BCUT2D eigenvalue weighted by molar-refractivity contribution is 6.04. The second-order valence-corrected chi connectivity index (χ2v) is 4.65. The third kappa shape index (κ3) is 2.08. The molecule has 0 spiro atoms. The fourth-order valence-electron chi connectivity index (χ4n) is 2.59. The summed E-state index contributed by atoms with van der Waals surface area (Å²) in [5.74, 6) is 0.647. The van der Waals surface area contributed by atoms with Crippen molar-refractivity contribution in [2.45, 2.75) is 12.3 Å². The summed E-state index contributed by atoms with van der Waals surface area (Å²) < 4.78 is 5.38. The predicted octanol–water partition coefficient (Wildman–Crippen LogP) is 2.97. The Morgan fingerprint density at radius 1 is 1.11 bits per heavy atom. The van der Waals surface area contributed by atoms with E-state index in [2.05, 4.69) is 5.32 Å². The lowest BCUT2D eigenvalue weighted by Crippen LogP contribution is -2.14. The Balaban J connectivity index is 1.98. The number of ether oxygens (including phenoxy) is 1. The van der Waals surface area contributed by atoms with Gasteiger partial charge in [0.25, 0.3) is 0 Å². The van der Waals surface area contributed by atoms with E-state index in [1.807, 2.05) is 48.5 Å². The molecule has 0 saturated carbocycles. The number of hydrogen-bond donors (Lipinski definition) is 1. The molecule has 1 atom stereocenters. The molecule has 3 nitrogen and oxygen atoms in total. The van der Waals surface area contributed by atoms with Crippen molar-refractivity contribution in [3.63, 3.8) is 0 Å². The highest BCUT2D eigenvalue weighted by atomic mass is 16.5. The van der Waals surface area contributed by atoms with Crippen molar-refractivity contribution in [2.24, 2.45) is 0 Å². The van der Waals surface area contributed by atoms with Crippen LogP contribution in [0.25, 0.3) is 0 Å². The van der Waals surface area contributed by atoms with Gasteiger partial charge in [-0.05, 0) is 24.1 Å². The number of carbonyl (C=O) groups is 1. The zero-order valence-corrected chi connectivity index (χ0v) is 10.7. The van der Waals surface area contributed by atoms with Crippen LogP contribution in [0.2, 0.25) is 0 Å². The fraction of sp³-hybridized carbons (Fsp3) is 0.188. The summed E-state index contributed by atoms with van der Waals surface area (Å²) in [6, 6.07) is 15.8. The van der Waals surface area contributed by atoms with Crippen LogP contribution < -0.4 is 10.1 Å². The van der Waals surface area contributed by atoms with E-state index in [0.717, 1.165) is 22.6 Å². The molecule has 3 heteroatoms. The maximum absolute atomic E-state index is 12.1. The number of anilines is 1. The quantitative estimate of drug-likeness (QED) is 0.913. The maximum atomic E-state index is 12.1. The van der Waals surface area contributed by atoms with Gasteiger partial charge in [0.1, 0.15) is 5.75 Å². The van der Waals surface area contributed by atoms with Crippen LogP contribution in [0.5, 0.6) is 5.75 Å². The molecule has 3 rings (SSSR count). The predicted molar refractivity (Wildman–Crippen MR) is 74.5 cm³/mol. The molecule has 1 unspecified atom stereocenters. The van der Waals surface area contributed by atoms with Crippen molar-refractivity contribution in [3.8, 4) is 5.75 Å². The van der Waals surface area contributed by atoms with E-state index in [1.54, 1.807) is 7.11 Å². The van der Waals surface area contributed by atoms with Gasteiger partial charge in [0.05, 0.1) is 13.0 Å². The zero-order valence-electron chi connectivity index (χ0n) is 10.7. The lowest BCUT2D eigenvalue weighted by atomic mass is 9.92. The summed E-state index contributed by atoms with van der Waals surface area (Å²) in [5.41, 5.74) is 2.99. The minimum Gasteiger partial charge on any atom is -0.496 e. The number of rotatable bonds is 3. The highest BCUT2D eigenvalue weighted by Gasteiger charge is 2.33. The van der Waals surface area contributed by atoms with Gasteiger partial charge in [0.15, 0.2) is 0 Å². The molecule has 0 radical (unpaired) electrons. The molecule has 0 aromatic heterocycles. The Morgan fingerprint density at radius 2 is 1.89 bits per heavy atom. The van der Waals surface area contributed by atoms with E-state index in [4.69, 9.17) is 4.74 Å². The van der Waals surface area contributed by atoms with E-state index in [9.17, 15) is 4.79 Å². The molecule has 0 aliphatic carbocycles. The van der Waals surface area contributed by atoms with Gasteiger partial charge in [0.2, 0.25) is 5.91 Å². The minimum atomic E-state index is -0.173. The first-order valence-electron chi connectivity index (χ1n) is 6.31. The van der Waals surface area contributed by atoms with E-state index in [-0.39, 0.29) is 11.8 Å². The fourth-order valence-corrected chi connectivity index (χ4v) is 2.59. The summed E-state index contributed by atoms with van der Waals surface area (Å²) in [6.07, 6.45) is 0.694. The topological polar surface area (TPSA) is 38.3 Å². The minimum absolute atomic E-state index is 0.0448. The van der Waals surface area contributed by atoms with Crippen molar-refractivity contribution in [1.29, 1.82) is 0 Å². The smallest absolute Gasteiger partial charge is 0.232 e. The summed E-state index contributed by atoms with van der Waals surface area (Å²) in [4.78, 5) is 12.1. The van der Waals surface area contributed by atoms with Crippen LogP contribution in [0.3, 0.4) is 0 Å². The summed E-state index contributed by atoms with van der Waals surface area (Å²) in [5, 5.41) is 2.92. The number of hydrogen-bond acceptors (Lipinski definition) is 2. The second-order valence-electron chi connectivity index (χ2n) is 4.65. The lowest BCUT2D eigenvalue weighted by molar-refractivity contribution is -0.117. The maximum Gasteiger partial charge on any atom is 0.232 e. The molecule has 1 aliphatic heterocycles. The molecule has 0 saturated heterocycles. The average Bonchev–Trinajstić information content (AvgIpc) is 2.76. The molecule has 2 aromatic carbocycles. The van der Waals surface area contributed by atoms with E-state index in [0.29, 0.717) is 6.42 Å². The Morgan fingerprint density at radius 3 is 2.63 bits per heavy atom. The summed E-state index contributed by atoms with van der Waals surface area (Å²) in [7, 11) is 1.64. The average molecular weight is 253 g/mol. The molecule has 1 N–H and O–H groups in total. The van der Waals surface area contributed by atoms with Crippen LogP contribution >= 0.6 is 0 Å². The Kier molecular flexibility index (Phi) is 2.95. The molecule has 1 aliphatic rings. The van der Waals surface area contributed by atoms with Crippen LogP contribution in [0.4, 0.5) is 5.69 Å². The third-order valence-electron chi connectivity index (χ3n) is 3.49. The number of nitrogens with one attached hydrogen (secondary N) is 1. The molecule has 0 fully saturated rings. The molecule has 96 valence electrons. The molecular formula is C16H15NO2. The highest BCUT2D eigenvalue weighted by Crippen LogP contribution is 2.40. The number of amides is 1. The van der Waals surface area contributed by atoms with Gasteiger partial charge >= 0.3 is 0 Å². The van der Waals surface area contributed by atoms with Crippen molar-refractivity contribution >= 4 is 11.6 Å². The first kappa shape index (κ1) is 11.8. The Labute approximate surface area is 112 Å². The number of fused-ring (bicyclic) bond motifs is 1.